The van der Waals surface area contributed by atoms with Gasteiger partial charge in [0.2, 0.25) is 0 Å². The number of carbonyl (C=O) groups excluding carboxylic acids is 1. The zero-order valence-electron chi connectivity index (χ0n) is 13.5. The fourth-order valence-corrected chi connectivity index (χ4v) is 2.54. The molecule has 0 radical (unpaired) electrons. The Kier molecular flexibility index (Phi) is 7.69. The first-order valence-corrected chi connectivity index (χ1v) is 7.80. The number of ether oxygens (including phenoxy) is 1. The van der Waals surface area contributed by atoms with E-state index >= 15 is 0 Å². The number of benzene rings is 1. The van der Waals surface area contributed by atoms with Crippen molar-refractivity contribution >= 4 is 18.3 Å². The minimum Gasteiger partial charge on any atom is -0.484 e. The Bertz CT molecular complexity index is 456. The van der Waals surface area contributed by atoms with Gasteiger partial charge in [0.25, 0.3) is 5.91 Å². The van der Waals surface area contributed by atoms with E-state index in [1.54, 1.807) is 0 Å². The van der Waals surface area contributed by atoms with Crippen molar-refractivity contribution < 1.29 is 9.53 Å². The first-order chi connectivity index (χ1) is 10.1. The molecule has 0 aliphatic carbocycles. The molecular formula is C17H27ClN2O2. The molecule has 0 atom stereocenters. The second-order valence-corrected chi connectivity index (χ2v) is 6.12. The van der Waals surface area contributed by atoms with Gasteiger partial charge < -0.3 is 15.4 Å². The van der Waals surface area contributed by atoms with Crippen LogP contribution in [0, 0.1) is 5.41 Å². The van der Waals surface area contributed by atoms with Gasteiger partial charge in [0.1, 0.15) is 5.75 Å². The highest BCUT2D eigenvalue weighted by Gasteiger charge is 2.26. The van der Waals surface area contributed by atoms with E-state index in [9.17, 15) is 4.79 Å². The monoisotopic (exact) mass is 326 g/mol. The molecule has 1 amide bonds. The Balaban J connectivity index is 0.00000242. The van der Waals surface area contributed by atoms with Crippen molar-refractivity contribution in [3.8, 4) is 5.75 Å². The van der Waals surface area contributed by atoms with Crippen molar-refractivity contribution in [1.82, 2.24) is 10.6 Å². The highest BCUT2D eigenvalue weighted by Crippen LogP contribution is 2.26. The number of hydrogen-bond donors (Lipinski definition) is 2. The zero-order valence-corrected chi connectivity index (χ0v) is 14.3. The first-order valence-electron chi connectivity index (χ1n) is 7.80. The Morgan fingerprint density at radius 2 is 1.91 bits per heavy atom. The Morgan fingerprint density at radius 3 is 2.50 bits per heavy atom. The van der Waals surface area contributed by atoms with Gasteiger partial charge in [0, 0.05) is 6.54 Å². The third kappa shape index (κ3) is 5.85. The fraction of sp³-hybridized carbons (Fsp3) is 0.588. The summed E-state index contributed by atoms with van der Waals surface area (Å²) in [7, 11) is 0. The number of rotatable bonds is 6. The van der Waals surface area contributed by atoms with Gasteiger partial charge in [0.05, 0.1) is 0 Å². The fourth-order valence-electron chi connectivity index (χ4n) is 2.54. The van der Waals surface area contributed by atoms with E-state index in [-0.39, 0.29) is 30.3 Å². The van der Waals surface area contributed by atoms with E-state index in [4.69, 9.17) is 4.74 Å². The molecule has 2 N–H and O–H groups in total. The Hall–Kier alpha value is -1.26. The summed E-state index contributed by atoms with van der Waals surface area (Å²) in [5.41, 5.74) is 1.48. The quantitative estimate of drug-likeness (QED) is 0.844. The van der Waals surface area contributed by atoms with Crippen molar-refractivity contribution in [3.05, 3.63) is 29.8 Å². The highest BCUT2D eigenvalue weighted by atomic mass is 35.5. The SMILES string of the molecule is CCc1ccc(OCC(=O)NCC2(C)CCNCC2)cc1.Cl. The van der Waals surface area contributed by atoms with Gasteiger partial charge in [-0.2, -0.15) is 0 Å². The number of halogens is 1. The van der Waals surface area contributed by atoms with E-state index in [1.807, 2.05) is 24.3 Å². The molecule has 1 saturated heterocycles. The van der Waals surface area contributed by atoms with Crippen LogP contribution in [0.2, 0.25) is 0 Å². The summed E-state index contributed by atoms with van der Waals surface area (Å²) in [4.78, 5) is 11.9. The number of carbonyl (C=O) groups is 1. The molecule has 0 aromatic heterocycles. The van der Waals surface area contributed by atoms with Crippen LogP contribution in [0.1, 0.15) is 32.3 Å². The number of hydrogen-bond acceptors (Lipinski definition) is 3. The normalized spacial score (nSPS) is 16.5. The minimum absolute atomic E-state index is 0. The maximum absolute atomic E-state index is 11.9. The summed E-state index contributed by atoms with van der Waals surface area (Å²) < 4.78 is 5.52. The van der Waals surface area contributed by atoms with Crippen LogP contribution in [0.5, 0.6) is 5.75 Å². The lowest BCUT2D eigenvalue weighted by Gasteiger charge is -2.34. The predicted molar refractivity (Wildman–Crippen MR) is 91.8 cm³/mol. The third-order valence-electron chi connectivity index (χ3n) is 4.22. The van der Waals surface area contributed by atoms with Gasteiger partial charge in [-0.1, -0.05) is 26.0 Å². The van der Waals surface area contributed by atoms with E-state index in [0.717, 1.165) is 44.6 Å². The first kappa shape index (κ1) is 18.8. The summed E-state index contributed by atoms with van der Waals surface area (Å²) in [6, 6.07) is 7.90. The van der Waals surface area contributed by atoms with E-state index in [0.29, 0.717) is 0 Å². The zero-order chi connectivity index (χ0) is 15.1. The lowest BCUT2D eigenvalue weighted by atomic mass is 9.81. The van der Waals surface area contributed by atoms with Gasteiger partial charge >= 0.3 is 0 Å². The Morgan fingerprint density at radius 1 is 1.27 bits per heavy atom. The minimum atomic E-state index is -0.0469. The Labute approximate surface area is 139 Å². The molecule has 0 bridgehead atoms. The summed E-state index contributed by atoms with van der Waals surface area (Å²) in [5, 5.41) is 6.34. The molecule has 1 aromatic rings. The maximum atomic E-state index is 11.9. The second kappa shape index (κ2) is 9.01. The molecule has 1 heterocycles. The van der Waals surface area contributed by atoms with Crippen molar-refractivity contribution in [3.63, 3.8) is 0 Å². The van der Waals surface area contributed by atoms with Gasteiger partial charge in [-0.3, -0.25) is 4.79 Å². The standard InChI is InChI=1S/C17H26N2O2.ClH/c1-3-14-4-6-15(7-5-14)21-12-16(20)19-13-17(2)8-10-18-11-9-17;/h4-7,18H,3,8-13H2,1-2H3,(H,19,20);1H. The molecule has 0 saturated carbocycles. The van der Waals surface area contributed by atoms with Gasteiger partial charge in [0.15, 0.2) is 6.61 Å². The second-order valence-electron chi connectivity index (χ2n) is 6.12. The molecule has 1 aliphatic rings. The molecule has 5 heteroatoms. The highest BCUT2D eigenvalue weighted by molar-refractivity contribution is 5.85. The molecule has 22 heavy (non-hydrogen) atoms. The van der Waals surface area contributed by atoms with E-state index in [1.165, 1.54) is 5.56 Å². The molecule has 1 aromatic carbocycles. The van der Waals surface area contributed by atoms with Gasteiger partial charge in [-0.15, -0.1) is 12.4 Å². The van der Waals surface area contributed by atoms with Crippen LogP contribution < -0.4 is 15.4 Å². The molecule has 124 valence electrons. The average Bonchev–Trinajstić information content (AvgIpc) is 2.52. The van der Waals surface area contributed by atoms with Crippen molar-refractivity contribution in [1.29, 1.82) is 0 Å². The molecule has 1 aliphatic heterocycles. The van der Waals surface area contributed by atoms with Crippen molar-refractivity contribution in [2.45, 2.75) is 33.1 Å². The van der Waals surface area contributed by atoms with Crippen LogP contribution in [0.15, 0.2) is 24.3 Å². The van der Waals surface area contributed by atoms with Crippen LogP contribution in [0.3, 0.4) is 0 Å². The average molecular weight is 327 g/mol. The van der Waals surface area contributed by atoms with Crippen LogP contribution in [0.25, 0.3) is 0 Å². The number of aryl methyl sites for hydroxylation is 1. The van der Waals surface area contributed by atoms with Crippen molar-refractivity contribution in [2.24, 2.45) is 5.41 Å². The molecular weight excluding hydrogens is 300 g/mol. The number of nitrogens with one attached hydrogen (secondary N) is 2. The largest absolute Gasteiger partial charge is 0.484 e. The van der Waals surface area contributed by atoms with Crippen molar-refractivity contribution in [2.75, 3.05) is 26.2 Å². The lowest BCUT2D eigenvalue weighted by Crippen LogP contribution is -2.43. The molecule has 4 nitrogen and oxygen atoms in total. The summed E-state index contributed by atoms with van der Waals surface area (Å²) >= 11 is 0. The number of amides is 1. The van der Waals surface area contributed by atoms with Crippen LogP contribution >= 0.6 is 12.4 Å². The smallest absolute Gasteiger partial charge is 0.257 e. The molecule has 0 unspecified atom stereocenters. The lowest BCUT2D eigenvalue weighted by molar-refractivity contribution is -0.123. The van der Waals surface area contributed by atoms with Crippen LogP contribution in [0.4, 0.5) is 0 Å². The molecule has 0 spiro atoms. The van der Waals surface area contributed by atoms with Crippen LogP contribution in [-0.2, 0) is 11.2 Å². The number of piperidine rings is 1. The maximum Gasteiger partial charge on any atom is 0.257 e. The topological polar surface area (TPSA) is 50.4 Å². The predicted octanol–water partition coefficient (Wildman–Crippen LogP) is 2.56. The molecule has 2 rings (SSSR count). The van der Waals surface area contributed by atoms with E-state index < -0.39 is 0 Å². The summed E-state index contributed by atoms with van der Waals surface area (Å²) in [5.74, 6) is 0.699. The summed E-state index contributed by atoms with van der Waals surface area (Å²) in [6.07, 6.45) is 3.22. The summed E-state index contributed by atoms with van der Waals surface area (Å²) in [6.45, 7) is 7.23. The van der Waals surface area contributed by atoms with Crippen LogP contribution in [-0.4, -0.2) is 32.1 Å². The van der Waals surface area contributed by atoms with Gasteiger partial charge in [-0.05, 0) is 55.5 Å². The van der Waals surface area contributed by atoms with E-state index in [2.05, 4.69) is 24.5 Å². The van der Waals surface area contributed by atoms with Gasteiger partial charge in [-0.25, -0.2) is 0 Å². The third-order valence-corrected chi connectivity index (χ3v) is 4.22. The molecule has 1 fully saturated rings.